The molecule has 0 spiro atoms. The molecule has 0 unspecified atom stereocenters. The van der Waals surface area contributed by atoms with Crippen molar-refractivity contribution in [1.29, 1.82) is 0 Å². The van der Waals surface area contributed by atoms with Crippen molar-refractivity contribution in [1.82, 2.24) is 0 Å². The van der Waals surface area contributed by atoms with Crippen LogP contribution in [0.2, 0.25) is 0 Å². The topological polar surface area (TPSA) is 26.3 Å². The number of aldehydes is 1. The molecular formula is C14H11FO2. The van der Waals surface area contributed by atoms with Gasteiger partial charge in [-0.15, -0.1) is 0 Å². The number of hydrogen-bond donors (Lipinski definition) is 0. The molecule has 0 bridgehead atoms. The highest BCUT2D eigenvalue weighted by Crippen LogP contribution is 2.19. The van der Waals surface area contributed by atoms with Crippen LogP contribution < -0.4 is 4.74 Å². The third-order valence-corrected chi connectivity index (χ3v) is 2.33. The molecule has 0 heterocycles. The van der Waals surface area contributed by atoms with Crippen LogP contribution in [0.5, 0.6) is 5.75 Å². The van der Waals surface area contributed by atoms with Gasteiger partial charge in [-0.05, 0) is 23.8 Å². The van der Waals surface area contributed by atoms with Crippen molar-refractivity contribution in [3.63, 3.8) is 0 Å². The Kier molecular flexibility index (Phi) is 3.50. The number of carbonyl (C=O) groups is 1. The number of benzene rings is 2. The van der Waals surface area contributed by atoms with E-state index in [9.17, 15) is 9.18 Å². The van der Waals surface area contributed by atoms with Crippen LogP contribution in [0.3, 0.4) is 0 Å². The molecule has 2 rings (SSSR count). The second-order valence-corrected chi connectivity index (χ2v) is 3.58. The van der Waals surface area contributed by atoms with Gasteiger partial charge in [0.2, 0.25) is 0 Å². The highest BCUT2D eigenvalue weighted by Gasteiger charge is 2.04. The summed E-state index contributed by atoms with van der Waals surface area (Å²) in [5.41, 5.74) is 1.35. The van der Waals surface area contributed by atoms with Gasteiger partial charge >= 0.3 is 0 Å². The van der Waals surface area contributed by atoms with Gasteiger partial charge in [0.25, 0.3) is 0 Å². The number of hydrogen-bond acceptors (Lipinski definition) is 2. The first-order valence-electron chi connectivity index (χ1n) is 5.21. The SMILES string of the molecule is O=Cc1ccc([18F])c(OCc2ccccc2)c1. The molecule has 0 aliphatic carbocycles. The van der Waals surface area contributed by atoms with Crippen molar-refractivity contribution < 1.29 is 13.9 Å². The van der Waals surface area contributed by atoms with Crippen LogP contribution in [-0.2, 0) is 6.61 Å². The molecule has 0 radical (unpaired) electrons. The van der Waals surface area contributed by atoms with Gasteiger partial charge in [0, 0.05) is 5.56 Å². The second kappa shape index (κ2) is 5.25. The fourth-order valence-electron chi connectivity index (χ4n) is 1.44. The van der Waals surface area contributed by atoms with Crippen LogP contribution in [0.1, 0.15) is 15.9 Å². The first kappa shape index (κ1) is 11.3. The first-order valence-corrected chi connectivity index (χ1v) is 5.21. The molecule has 0 aromatic heterocycles. The normalized spacial score (nSPS) is 9.94. The van der Waals surface area contributed by atoms with Crippen molar-refractivity contribution in [3.05, 3.63) is 65.5 Å². The smallest absolute Gasteiger partial charge is 0.165 e. The molecule has 0 aliphatic heterocycles. The predicted molar refractivity (Wildman–Crippen MR) is 62.6 cm³/mol. The van der Waals surface area contributed by atoms with Crippen LogP contribution in [0.15, 0.2) is 48.5 Å². The first-order chi connectivity index (χ1) is 8.29. The molecule has 2 aromatic carbocycles. The maximum atomic E-state index is 13.4. The van der Waals surface area contributed by atoms with Gasteiger partial charge in [-0.3, -0.25) is 4.79 Å². The Morgan fingerprint density at radius 1 is 1.12 bits per heavy atom. The number of carbonyl (C=O) groups excluding carboxylic acids is 1. The monoisotopic (exact) mass is 229 g/mol. The van der Waals surface area contributed by atoms with Crippen LogP contribution in [0, 0.1) is 5.82 Å². The molecule has 0 amide bonds. The third-order valence-electron chi connectivity index (χ3n) is 2.33. The summed E-state index contributed by atoms with van der Waals surface area (Å²) in [5.74, 6) is -0.370. The maximum Gasteiger partial charge on any atom is 0.165 e. The highest BCUT2D eigenvalue weighted by atomic mass is 18.2. The number of ether oxygens (including phenoxy) is 1. The van der Waals surface area contributed by atoms with E-state index in [1.807, 2.05) is 30.3 Å². The number of halogens is 1. The summed E-state index contributed by atoms with van der Waals surface area (Å²) in [7, 11) is 0. The van der Waals surface area contributed by atoms with Crippen LogP contribution in [0.4, 0.5) is 4.39 Å². The van der Waals surface area contributed by atoms with E-state index in [0.29, 0.717) is 11.8 Å². The summed E-state index contributed by atoms with van der Waals surface area (Å²) in [5, 5.41) is 0. The Morgan fingerprint density at radius 2 is 1.88 bits per heavy atom. The lowest BCUT2D eigenvalue weighted by molar-refractivity contribution is 0.112. The van der Waals surface area contributed by atoms with E-state index in [1.165, 1.54) is 18.2 Å². The molecule has 0 aliphatic rings. The third kappa shape index (κ3) is 2.91. The average molecular weight is 229 g/mol. The summed E-state index contributed by atoms with van der Waals surface area (Å²) in [4.78, 5) is 10.6. The largest absolute Gasteiger partial charge is 0.486 e. The minimum absolute atomic E-state index is 0.0958. The van der Waals surface area contributed by atoms with Gasteiger partial charge in [0.15, 0.2) is 11.6 Å². The molecule has 86 valence electrons. The quantitative estimate of drug-likeness (QED) is 0.752. The Balaban J connectivity index is 2.11. The summed E-state index contributed by atoms with van der Waals surface area (Å²) >= 11 is 0. The van der Waals surface area contributed by atoms with E-state index in [4.69, 9.17) is 4.74 Å². The van der Waals surface area contributed by atoms with E-state index in [-0.39, 0.29) is 12.4 Å². The minimum atomic E-state index is -0.466. The average Bonchev–Trinajstić information content (AvgIpc) is 2.39. The van der Waals surface area contributed by atoms with Gasteiger partial charge in [-0.25, -0.2) is 4.39 Å². The molecule has 3 heteroatoms. The molecule has 17 heavy (non-hydrogen) atoms. The van der Waals surface area contributed by atoms with Crippen molar-refractivity contribution >= 4 is 6.29 Å². The zero-order valence-electron chi connectivity index (χ0n) is 9.10. The Hall–Kier alpha value is -2.16. The highest BCUT2D eigenvalue weighted by molar-refractivity contribution is 5.75. The molecular weight excluding hydrogens is 218 g/mol. The van der Waals surface area contributed by atoms with Gasteiger partial charge in [-0.1, -0.05) is 30.3 Å². The lowest BCUT2D eigenvalue weighted by atomic mass is 10.2. The van der Waals surface area contributed by atoms with Crippen molar-refractivity contribution in [2.75, 3.05) is 0 Å². The zero-order chi connectivity index (χ0) is 12.1. The molecule has 0 N–H and O–H groups in total. The molecule has 0 atom stereocenters. The fraction of sp³-hybridized carbons (Fsp3) is 0.0714. The predicted octanol–water partition coefficient (Wildman–Crippen LogP) is 3.22. The van der Waals surface area contributed by atoms with Crippen molar-refractivity contribution in [2.45, 2.75) is 6.61 Å². The van der Waals surface area contributed by atoms with Gasteiger partial charge in [0.1, 0.15) is 12.9 Å². The van der Waals surface area contributed by atoms with Gasteiger partial charge < -0.3 is 4.74 Å². The maximum absolute atomic E-state index is 13.4. The van der Waals surface area contributed by atoms with Crippen molar-refractivity contribution in [3.8, 4) is 5.75 Å². The van der Waals surface area contributed by atoms with Crippen molar-refractivity contribution in [2.24, 2.45) is 0 Å². The van der Waals surface area contributed by atoms with E-state index in [2.05, 4.69) is 0 Å². The molecule has 0 saturated carbocycles. The Morgan fingerprint density at radius 3 is 2.59 bits per heavy atom. The van der Waals surface area contributed by atoms with Crippen LogP contribution in [-0.4, -0.2) is 6.29 Å². The van der Waals surface area contributed by atoms with Crippen LogP contribution >= 0.6 is 0 Å². The molecule has 2 nitrogen and oxygen atoms in total. The van der Waals surface area contributed by atoms with E-state index in [0.717, 1.165) is 5.56 Å². The van der Waals surface area contributed by atoms with Gasteiger partial charge in [0.05, 0.1) is 0 Å². The fourth-order valence-corrected chi connectivity index (χ4v) is 1.44. The van der Waals surface area contributed by atoms with Gasteiger partial charge in [-0.2, -0.15) is 0 Å². The second-order valence-electron chi connectivity index (χ2n) is 3.58. The Bertz CT molecular complexity index is 509. The minimum Gasteiger partial charge on any atom is -0.486 e. The van der Waals surface area contributed by atoms with Crippen LogP contribution in [0.25, 0.3) is 0 Å². The standard InChI is InChI=1S/C14H11FO2/c15-13-7-6-12(9-16)8-14(13)17-10-11-4-2-1-3-5-11/h1-9H,10H2/i15-1. The summed E-state index contributed by atoms with van der Waals surface area (Å²) < 4.78 is 18.7. The van der Waals surface area contributed by atoms with E-state index in [1.54, 1.807) is 0 Å². The lowest BCUT2D eigenvalue weighted by Crippen LogP contribution is -1.98. The zero-order valence-corrected chi connectivity index (χ0v) is 9.10. The summed E-state index contributed by atoms with van der Waals surface area (Å²) in [6, 6.07) is 13.5. The lowest BCUT2D eigenvalue weighted by Gasteiger charge is -2.07. The molecule has 0 saturated heterocycles. The summed E-state index contributed by atoms with van der Waals surface area (Å²) in [6.07, 6.45) is 0.662. The summed E-state index contributed by atoms with van der Waals surface area (Å²) in [6.45, 7) is 0.278. The van der Waals surface area contributed by atoms with E-state index < -0.39 is 5.82 Å². The number of rotatable bonds is 4. The van der Waals surface area contributed by atoms with E-state index >= 15 is 0 Å². The molecule has 2 aromatic rings. The molecule has 0 fully saturated rings. The Labute approximate surface area is 98.7 Å².